The van der Waals surface area contributed by atoms with Crippen molar-refractivity contribution in [1.29, 1.82) is 0 Å². The normalized spacial score (nSPS) is 10.5. The Kier molecular flexibility index (Phi) is 4.21. The van der Waals surface area contributed by atoms with Crippen molar-refractivity contribution in [2.45, 2.75) is 20.5 Å². The summed E-state index contributed by atoms with van der Waals surface area (Å²) < 4.78 is 6.62. The van der Waals surface area contributed by atoms with Crippen molar-refractivity contribution < 1.29 is 9.66 Å². The topological polar surface area (TPSA) is 52.4 Å². The van der Waals surface area contributed by atoms with Crippen molar-refractivity contribution in [3.63, 3.8) is 0 Å². The molecule has 0 bridgehead atoms. The van der Waals surface area contributed by atoms with E-state index in [2.05, 4.69) is 15.9 Å². The maximum Gasteiger partial charge on any atom is 0.311 e. The molecule has 0 aliphatic rings. The summed E-state index contributed by atoms with van der Waals surface area (Å²) in [5.74, 6) is 0.347. The van der Waals surface area contributed by atoms with E-state index >= 15 is 0 Å². The fraction of sp³-hybridized carbons (Fsp3) is 0.231. The van der Waals surface area contributed by atoms with E-state index in [-0.39, 0.29) is 5.69 Å². The predicted molar refractivity (Wildman–Crippen MR) is 78.9 cm³/mol. The van der Waals surface area contributed by atoms with Gasteiger partial charge in [0.05, 0.1) is 4.92 Å². The number of aryl methyl sites for hydroxylation is 2. The zero-order chi connectivity index (χ0) is 14.0. The standard InChI is InChI=1S/C13H12BrNO3S/c1-8-3-9(2)13(12(4-8)15(16)17)18-6-11-5-10(14)7-19-11/h3-5,7H,6H2,1-2H3. The Morgan fingerprint density at radius 1 is 1.37 bits per heavy atom. The molecule has 0 radical (unpaired) electrons. The number of halogens is 1. The molecule has 0 N–H and O–H groups in total. The van der Waals surface area contributed by atoms with Crippen molar-refractivity contribution >= 4 is 33.0 Å². The van der Waals surface area contributed by atoms with Gasteiger partial charge in [-0.1, -0.05) is 6.07 Å². The maximum atomic E-state index is 11.1. The smallest absolute Gasteiger partial charge is 0.311 e. The second-order valence-electron chi connectivity index (χ2n) is 4.21. The highest BCUT2D eigenvalue weighted by Crippen LogP contribution is 2.33. The zero-order valence-corrected chi connectivity index (χ0v) is 12.9. The monoisotopic (exact) mass is 341 g/mol. The number of ether oxygens (including phenoxy) is 1. The second-order valence-corrected chi connectivity index (χ2v) is 6.12. The van der Waals surface area contributed by atoms with Gasteiger partial charge in [0, 0.05) is 20.8 Å². The number of nitro benzene ring substituents is 1. The van der Waals surface area contributed by atoms with Gasteiger partial charge >= 0.3 is 5.69 Å². The Hall–Kier alpha value is -1.40. The summed E-state index contributed by atoms with van der Waals surface area (Å²) in [7, 11) is 0. The fourth-order valence-electron chi connectivity index (χ4n) is 1.83. The van der Waals surface area contributed by atoms with Gasteiger partial charge in [-0.25, -0.2) is 0 Å². The first-order chi connectivity index (χ1) is 8.97. The lowest BCUT2D eigenvalue weighted by Gasteiger charge is -2.09. The predicted octanol–water partition coefficient (Wildman–Crippen LogP) is 4.61. The lowest BCUT2D eigenvalue weighted by atomic mass is 10.1. The Labute approximate surface area is 123 Å². The van der Waals surface area contributed by atoms with Crippen LogP contribution in [0, 0.1) is 24.0 Å². The minimum absolute atomic E-state index is 0.0214. The SMILES string of the molecule is Cc1cc(C)c(OCc2cc(Br)cs2)c([N+](=O)[O-])c1. The molecule has 0 fully saturated rings. The zero-order valence-electron chi connectivity index (χ0n) is 10.5. The van der Waals surface area contributed by atoms with Crippen molar-refractivity contribution in [3.05, 3.63) is 54.2 Å². The van der Waals surface area contributed by atoms with Gasteiger partial charge in [0.1, 0.15) is 6.61 Å². The van der Waals surface area contributed by atoms with Crippen LogP contribution in [0.25, 0.3) is 0 Å². The molecule has 100 valence electrons. The Morgan fingerprint density at radius 3 is 2.68 bits per heavy atom. The fourth-order valence-corrected chi connectivity index (χ4v) is 3.19. The van der Waals surface area contributed by atoms with Gasteiger partial charge in [-0.15, -0.1) is 11.3 Å². The highest BCUT2D eigenvalue weighted by molar-refractivity contribution is 9.10. The molecule has 0 spiro atoms. The van der Waals surface area contributed by atoms with Gasteiger partial charge in [0.25, 0.3) is 0 Å². The average molecular weight is 342 g/mol. The summed E-state index contributed by atoms with van der Waals surface area (Å²) >= 11 is 4.92. The van der Waals surface area contributed by atoms with E-state index < -0.39 is 4.92 Å². The minimum atomic E-state index is -0.403. The van der Waals surface area contributed by atoms with Gasteiger partial charge in [-0.05, 0) is 47.0 Å². The van der Waals surface area contributed by atoms with Crippen molar-refractivity contribution in [2.75, 3.05) is 0 Å². The van der Waals surface area contributed by atoms with Gasteiger partial charge < -0.3 is 4.74 Å². The van der Waals surface area contributed by atoms with E-state index in [1.807, 2.05) is 31.4 Å². The highest BCUT2D eigenvalue weighted by Gasteiger charge is 2.18. The van der Waals surface area contributed by atoms with Crippen LogP contribution in [0.4, 0.5) is 5.69 Å². The molecule has 0 amide bonds. The van der Waals surface area contributed by atoms with Crippen LogP contribution in [0.1, 0.15) is 16.0 Å². The first-order valence-corrected chi connectivity index (χ1v) is 7.26. The minimum Gasteiger partial charge on any atom is -0.481 e. The van der Waals surface area contributed by atoms with Gasteiger partial charge in [0.2, 0.25) is 0 Å². The average Bonchev–Trinajstić information content (AvgIpc) is 2.73. The first-order valence-electron chi connectivity index (χ1n) is 5.58. The van der Waals surface area contributed by atoms with Crippen LogP contribution in [0.15, 0.2) is 28.1 Å². The molecule has 1 heterocycles. The molecule has 2 aromatic rings. The van der Waals surface area contributed by atoms with Gasteiger partial charge in [-0.3, -0.25) is 10.1 Å². The van der Waals surface area contributed by atoms with Crippen LogP contribution in [0.2, 0.25) is 0 Å². The number of hydrogen-bond donors (Lipinski definition) is 0. The van der Waals surface area contributed by atoms with Crippen molar-refractivity contribution in [3.8, 4) is 5.75 Å². The molecule has 0 atom stereocenters. The van der Waals surface area contributed by atoms with Crippen LogP contribution in [-0.4, -0.2) is 4.92 Å². The molecule has 0 saturated heterocycles. The molecular weight excluding hydrogens is 330 g/mol. The summed E-state index contributed by atoms with van der Waals surface area (Å²) in [4.78, 5) is 11.7. The van der Waals surface area contributed by atoms with Crippen LogP contribution in [0.5, 0.6) is 5.75 Å². The van der Waals surface area contributed by atoms with Crippen molar-refractivity contribution in [1.82, 2.24) is 0 Å². The molecule has 0 aliphatic carbocycles. The molecule has 0 aliphatic heterocycles. The molecule has 2 rings (SSSR count). The largest absolute Gasteiger partial charge is 0.481 e. The summed E-state index contributed by atoms with van der Waals surface area (Å²) in [6.07, 6.45) is 0. The summed E-state index contributed by atoms with van der Waals surface area (Å²) in [5.41, 5.74) is 1.66. The van der Waals surface area contributed by atoms with E-state index in [1.165, 1.54) is 6.07 Å². The third kappa shape index (κ3) is 3.33. The third-order valence-electron chi connectivity index (χ3n) is 2.58. The Morgan fingerprint density at radius 2 is 2.11 bits per heavy atom. The van der Waals surface area contributed by atoms with Gasteiger partial charge in [-0.2, -0.15) is 0 Å². The third-order valence-corrected chi connectivity index (χ3v) is 4.25. The molecule has 1 aromatic heterocycles. The molecule has 6 heteroatoms. The quantitative estimate of drug-likeness (QED) is 0.602. The maximum absolute atomic E-state index is 11.1. The first kappa shape index (κ1) is 14.0. The van der Waals surface area contributed by atoms with Gasteiger partial charge in [0.15, 0.2) is 5.75 Å². The van der Waals surface area contributed by atoms with E-state index in [9.17, 15) is 10.1 Å². The summed E-state index contributed by atoms with van der Waals surface area (Å²) in [6.45, 7) is 3.99. The number of hydrogen-bond acceptors (Lipinski definition) is 4. The molecule has 0 unspecified atom stereocenters. The number of benzene rings is 1. The second kappa shape index (κ2) is 5.71. The molecule has 4 nitrogen and oxygen atoms in total. The molecule has 1 aromatic carbocycles. The van der Waals surface area contributed by atoms with Crippen LogP contribution in [-0.2, 0) is 6.61 Å². The van der Waals surface area contributed by atoms with Crippen LogP contribution < -0.4 is 4.74 Å². The van der Waals surface area contributed by atoms with E-state index in [1.54, 1.807) is 11.3 Å². The van der Waals surface area contributed by atoms with Crippen LogP contribution >= 0.6 is 27.3 Å². The van der Waals surface area contributed by atoms with E-state index in [0.717, 1.165) is 20.5 Å². The Bertz CT molecular complexity index is 624. The molecular formula is C13H12BrNO3S. The lowest BCUT2D eigenvalue weighted by Crippen LogP contribution is -2.00. The number of rotatable bonds is 4. The lowest BCUT2D eigenvalue weighted by molar-refractivity contribution is -0.386. The summed E-state index contributed by atoms with van der Waals surface area (Å²) in [6, 6.07) is 5.36. The Balaban J connectivity index is 2.26. The number of thiophene rings is 1. The number of nitrogens with zero attached hydrogens (tertiary/aromatic N) is 1. The van der Waals surface area contributed by atoms with Crippen molar-refractivity contribution in [2.24, 2.45) is 0 Å². The highest BCUT2D eigenvalue weighted by atomic mass is 79.9. The van der Waals surface area contributed by atoms with E-state index in [0.29, 0.717) is 12.4 Å². The summed E-state index contributed by atoms with van der Waals surface area (Å²) in [5, 5.41) is 13.0. The number of nitro groups is 1. The molecule has 19 heavy (non-hydrogen) atoms. The van der Waals surface area contributed by atoms with E-state index in [4.69, 9.17) is 4.74 Å². The molecule has 0 saturated carbocycles. The van der Waals surface area contributed by atoms with Crippen LogP contribution in [0.3, 0.4) is 0 Å².